The van der Waals surface area contributed by atoms with Crippen LogP contribution < -0.4 is 10.1 Å². The molecule has 1 fully saturated rings. The van der Waals surface area contributed by atoms with Crippen molar-refractivity contribution in [2.24, 2.45) is 0 Å². The van der Waals surface area contributed by atoms with E-state index in [2.05, 4.69) is 10.3 Å². The predicted octanol–water partition coefficient (Wildman–Crippen LogP) is 5.28. The Morgan fingerprint density at radius 2 is 1.90 bits per heavy atom. The Hall–Kier alpha value is -2.20. The molecule has 0 saturated heterocycles. The van der Waals surface area contributed by atoms with Gasteiger partial charge in [0.1, 0.15) is 4.34 Å². The number of sulfone groups is 1. The van der Waals surface area contributed by atoms with Crippen LogP contribution in [0.1, 0.15) is 24.5 Å². The van der Waals surface area contributed by atoms with Gasteiger partial charge in [-0.05, 0) is 43.2 Å². The monoisotopic (exact) mass is 500 g/mol. The van der Waals surface area contributed by atoms with Crippen LogP contribution in [0.4, 0.5) is 9.52 Å². The van der Waals surface area contributed by atoms with Crippen LogP contribution >= 0.6 is 34.5 Å². The number of rotatable bonds is 7. The number of halogens is 3. The fourth-order valence-corrected chi connectivity index (χ4v) is 5.49. The number of carbonyl (C=O) groups is 1. The number of carbonyl (C=O) groups excluding carboxylic acids is 1. The zero-order chi connectivity index (χ0) is 22.2. The lowest BCUT2D eigenvalue weighted by molar-refractivity contribution is -0.123. The molecule has 1 unspecified atom stereocenters. The van der Waals surface area contributed by atoms with Gasteiger partial charge in [0.2, 0.25) is 6.10 Å². The molecule has 4 rings (SSSR count). The van der Waals surface area contributed by atoms with Crippen molar-refractivity contribution in [3.63, 3.8) is 0 Å². The molecule has 1 atom stereocenters. The average molecular weight is 501 g/mol. The maximum absolute atomic E-state index is 14.3. The molecule has 2 aromatic carbocycles. The number of amides is 1. The van der Waals surface area contributed by atoms with Crippen molar-refractivity contribution >= 4 is 55.4 Å². The number of nitrogens with one attached hydrogen (secondary N) is 1. The molecule has 1 aliphatic rings. The summed E-state index contributed by atoms with van der Waals surface area (Å²) in [7, 11) is -3.38. The van der Waals surface area contributed by atoms with E-state index in [4.69, 9.17) is 27.9 Å². The third-order valence-electron chi connectivity index (χ3n) is 4.56. The van der Waals surface area contributed by atoms with Gasteiger partial charge in [-0.15, -0.1) is 0 Å². The van der Waals surface area contributed by atoms with E-state index in [1.54, 1.807) is 0 Å². The van der Waals surface area contributed by atoms with Crippen LogP contribution in [0.3, 0.4) is 0 Å². The Balaban J connectivity index is 1.64. The van der Waals surface area contributed by atoms with Crippen LogP contribution in [0.25, 0.3) is 0 Å². The number of thiazole rings is 1. The van der Waals surface area contributed by atoms with Gasteiger partial charge >= 0.3 is 0 Å². The summed E-state index contributed by atoms with van der Waals surface area (Å²) in [6, 6.07) is 9.60. The molecule has 1 aliphatic carbocycles. The van der Waals surface area contributed by atoms with Crippen LogP contribution in [0.15, 0.2) is 53.6 Å². The van der Waals surface area contributed by atoms with E-state index in [1.807, 2.05) is 0 Å². The quantitative estimate of drug-likeness (QED) is 0.476. The Labute approximate surface area is 191 Å². The number of hydrogen-bond donors (Lipinski definition) is 1. The minimum absolute atomic E-state index is 0.169. The lowest BCUT2D eigenvalue weighted by atomic mass is 10.1. The largest absolute Gasteiger partial charge is 0.473 e. The summed E-state index contributed by atoms with van der Waals surface area (Å²) in [6.45, 7) is 0. The molecule has 1 heterocycles. The Kier molecular flexibility index (Phi) is 6.20. The highest BCUT2D eigenvalue weighted by atomic mass is 35.5. The highest BCUT2D eigenvalue weighted by molar-refractivity contribution is 7.92. The minimum Gasteiger partial charge on any atom is -0.473 e. The van der Waals surface area contributed by atoms with E-state index in [0.717, 1.165) is 17.4 Å². The number of benzene rings is 2. The van der Waals surface area contributed by atoms with Gasteiger partial charge in [-0.25, -0.2) is 17.8 Å². The summed E-state index contributed by atoms with van der Waals surface area (Å²) in [5, 5.41) is 2.64. The molecule has 162 valence electrons. The summed E-state index contributed by atoms with van der Waals surface area (Å²) >= 11 is 12.7. The van der Waals surface area contributed by atoms with Gasteiger partial charge in [0.25, 0.3) is 5.91 Å². The maximum atomic E-state index is 14.3. The molecular formula is C20H15Cl2FN2O4S2. The van der Waals surface area contributed by atoms with Crippen molar-refractivity contribution in [3.8, 4) is 5.75 Å². The van der Waals surface area contributed by atoms with Crippen LogP contribution in [0.2, 0.25) is 9.36 Å². The highest BCUT2D eigenvalue weighted by Crippen LogP contribution is 2.34. The van der Waals surface area contributed by atoms with Crippen molar-refractivity contribution in [2.75, 3.05) is 5.32 Å². The first-order valence-corrected chi connectivity index (χ1v) is 12.2. The molecule has 0 radical (unpaired) electrons. The van der Waals surface area contributed by atoms with Gasteiger partial charge in [0, 0.05) is 10.6 Å². The molecular weight excluding hydrogens is 486 g/mol. The molecule has 1 amide bonds. The lowest BCUT2D eigenvalue weighted by Gasteiger charge is -2.19. The van der Waals surface area contributed by atoms with Gasteiger partial charge in [0.15, 0.2) is 26.5 Å². The molecule has 1 saturated carbocycles. The normalized spacial score (nSPS) is 14.8. The number of aromatic nitrogens is 1. The van der Waals surface area contributed by atoms with Gasteiger partial charge in [-0.1, -0.05) is 46.7 Å². The summed E-state index contributed by atoms with van der Waals surface area (Å²) in [6.07, 6.45) is 1.39. The van der Waals surface area contributed by atoms with Crippen molar-refractivity contribution < 1.29 is 22.3 Å². The second-order valence-corrected chi connectivity index (χ2v) is 11.2. The van der Waals surface area contributed by atoms with Crippen LogP contribution in [-0.2, 0) is 14.6 Å². The molecule has 0 bridgehead atoms. The number of ether oxygens (including phenoxy) is 1. The molecule has 6 nitrogen and oxygen atoms in total. The summed E-state index contributed by atoms with van der Waals surface area (Å²) in [5.41, 5.74) is 0.337. The Morgan fingerprint density at radius 3 is 2.48 bits per heavy atom. The first-order valence-electron chi connectivity index (χ1n) is 9.12. The topological polar surface area (TPSA) is 85.4 Å². The molecule has 1 aromatic heterocycles. The summed E-state index contributed by atoms with van der Waals surface area (Å²) in [4.78, 5) is 17.1. The number of nitrogens with zero attached hydrogens (tertiary/aromatic N) is 1. The molecule has 3 aromatic rings. The molecule has 1 N–H and O–H groups in total. The zero-order valence-electron chi connectivity index (χ0n) is 15.7. The van der Waals surface area contributed by atoms with E-state index in [0.29, 0.717) is 22.7 Å². The van der Waals surface area contributed by atoms with E-state index in [9.17, 15) is 17.6 Å². The van der Waals surface area contributed by atoms with Gasteiger partial charge in [-0.2, -0.15) is 0 Å². The predicted molar refractivity (Wildman–Crippen MR) is 117 cm³/mol. The Bertz CT molecular complexity index is 1230. The standard InChI is InChI=1S/C20H15Cl2FN2O4S2/c21-12-3-8-16(15(23)9-12)29-18(19(26)25-20-24-10-17(22)30-20)11-1-4-13(5-2-11)31(27,28)14-6-7-14/h1-5,8-10,14,18H,6-7H2,(H,24,25,26). The minimum atomic E-state index is -3.38. The molecule has 11 heteroatoms. The summed E-state index contributed by atoms with van der Waals surface area (Å²) in [5.74, 6) is -1.55. The van der Waals surface area contributed by atoms with E-state index in [-0.39, 0.29) is 26.0 Å². The second-order valence-electron chi connectivity index (χ2n) is 6.84. The van der Waals surface area contributed by atoms with Crippen molar-refractivity contribution in [1.29, 1.82) is 0 Å². The molecule has 31 heavy (non-hydrogen) atoms. The number of anilines is 1. The average Bonchev–Trinajstić information content (AvgIpc) is 3.51. The first kappa shape index (κ1) is 22.0. The van der Waals surface area contributed by atoms with Gasteiger partial charge < -0.3 is 4.74 Å². The highest BCUT2D eigenvalue weighted by Gasteiger charge is 2.37. The van der Waals surface area contributed by atoms with Gasteiger partial charge in [-0.3, -0.25) is 10.1 Å². The van der Waals surface area contributed by atoms with Crippen LogP contribution in [0.5, 0.6) is 5.75 Å². The maximum Gasteiger partial charge on any atom is 0.271 e. The first-order chi connectivity index (χ1) is 14.7. The zero-order valence-corrected chi connectivity index (χ0v) is 18.9. The SMILES string of the molecule is O=C(Nc1ncc(Cl)s1)C(Oc1ccc(Cl)cc1F)c1ccc(S(=O)(=O)C2CC2)cc1. The third-order valence-corrected chi connectivity index (χ3v) is 8.10. The summed E-state index contributed by atoms with van der Waals surface area (Å²) < 4.78 is 45.2. The molecule has 0 spiro atoms. The molecule has 0 aliphatic heterocycles. The van der Waals surface area contributed by atoms with E-state index >= 15 is 0 Å². The van der Waals surface area contributed by atoms with Gasteiger partial charge in [0.05, 0.1) is 16.3 Å². The fourth-order valence-electron chi connectivity index (χ4n) is 2.86. The van der Waals surface area contributed by atoms with E-state index < -0.39 is 27.7 Å². The lowest BCUT2D eigenvalue weighted by Crippen LogP contribution is -2.26. The van der Waals surface area contributed by atoms with Crippen molar-refractivity contribution in [3.05, 3.63) is 69.4 Å². The van der Waals surface area contributed by atoms with E-state index in [1.165, 1.54) is 42.6 Å². The fraction of sp³-hybridized carbons (Fsp3) is 0.200. The van der Waals surface area contributed by atoms with Crippen molar-refractivity contribution in [1.82, 2.24) is 4.98 Å². The number of hydrogen-bond acceptors (Lipinski definition) is 6. The smallest absolute Gasteiger partial charge is 0.271 e. The second kappa shape index (κ2) is 8.74. The van der Waals surface area contributed by atoms with Crippen LogP contribution in [0, 0.1) is 5.82 Å². The van der Waals surface area contributed by atoms with Crippen molar-refractivity contribution in [2.45, 2.75) is 29.1 Å². The Morgan fingerprint density at radius 1 is 1.19 bits per heavy atom. The third kappa shape index (κ3) is 5.01. The van der Waals surface area contributed by atoms with Crippen LogP contribution in [-0.4, -0.2) is 24.6 Å².